The van der Waals surface area contributed by atoms with Crippen LogP contribution in [0.1, 0.15) is 25.7 Å². The summed E-state index contributed by atoms with van der Waals surface area (Å²) in [6.45, 7) is 1.13. The number of hydrogen-bond acceptors (Lipinski definition) is 3. The van der Waals surface area contributed by atoms with E-state index < -0.39 is 10.2 Å². The molecule has 0 spiro atoms. The van der Waals surface area contributed by atoms with Gasteiger partial charge in [0.2, 0.25) is 0 Å². The number of hydrogen-bond donors (Lipinski definition) is 1. The Morgan fingerprint density at radius 2 is 1.83 bits per heavy atom. The molecule has 0 aliphatic carbocycles. The molecule has 0 atom stereocenters. The van der Waals surface area contributed by atoms with E-state index in [0.717, 1.165) is 25.7 Å². The molecule has 2 rings (SSSR count). The Kier molecular flexibility index (Phi) is 4.42. The second-order valence-corrected chi connectivity index (χ2v) is 6.32. The Bertz CT molecular complexity index is 499. The van der Waals surface area contributed by atoms with Crippen LogP contribution in [0.4, 0.5) is 5.82 Å². The van der Waals surface area contributed by atoms with Gasteiger partial charge in [0.25, 0.3) is 0 Å². The fraction of sp³-hybridized carbons (Fsp3) is 0.545. The molecule has 1 aliphatic rings. The van der Waals surface area contributed by atoms with E-state index >= 15 is 0 Å². The first-order chi connectivity index (χ1) is 8.58. The van der Waals surface area contributed by atoms with Crippen molar-refractivity contribution in [1.29, 1.82) is 0 Å². The lowest BCUT2D eigenvalue weighted by atomic mass is 10.2. The van der Waals surface area contributed by atoms with Crippen molar-refractivity contribution in [3.8, 4) is 0 Å². The zero-order valence-corrected chi connectivity index (χ0v) is 11.5. The zero-order chi connectivity index (χ0) is 13.0. The lowest BCUT2D eigenvalue weighted by Gasteiger charge is -2.20. The minimum atomic E-state index is -3.51. The predicted molar refractivity (Wildman–Crippen MR) is 71.8 cm³/mol. The first kappa shape index (κ1) is 13.6. The summed E-state index contributed by atoms with van der Waals surface area (Å²) in [6.07, 6.45) is 3.98. The first-order valence-electron chi connectivity index (χ1n) is 5.98. The van der Waals surface area contributed by atoms with Crippen LogP contribution in [-0.4, -0.2) is 30.8 Å². The summed E-state index contributed by atoms with van der Waals surface area (Å²) < 4.78 is 28.2. The van der Waals surface area contributed by atoms with Crippen molar-refractivity contribution < 1.29 is 8.42 Å². The van der Waals surface area contributed by atoms with Crippen molar-refractivity contribution in [3.05, 3.63) is 23.4 Å². The average molecular weight is 290 g/mol. The number of nitrogens with zero attached hydrogens (tertiary/aromatic N) is 2. The molecule has 5 nitrogen and oxygen atoms in total. The van der Waals surface area contributed by atoms with Crippen LogP contribution in [0, 0.1) is 0 Å². The molecule has 1 N–H and O–H groups in total. The van der Waals surface area contributed by atoms with Gasteiger partial charge in [0.15, 0.2) is 0 Å². The quantitative estimate of drug-likeness (QED) is 0.868. The van der Waals surface area contributed by atoms with E-state index in [1.807, 2.05) is 0 Å². The highest BCUT2D eigenvalue weighted by Gasteiger charge is 2.23. The average Bonchev–Trinajstić information content (AvgIpc) is 2.57. The van der Waals surface area contributed by atoms with Gasteiger partial charge in [0.05, 0.1) is 0 Å². The van der Waals surface area contributed by atoms with Gasteiger partial charge in [0.1, 0.15) is 11.0 Å². The van der Waals surface area contributed by atoms with Crippen LogP contribution in [0.25, 0.3) is 0 Å². The molecular formula is C11H16ClN3O2S. The SMILES string of the molecule is O=S(=O)(Nc1cccc(Cl)n1)N1CCCCCC1. The third-order valence-electron chi connectivity index (χ3n) is 2.85. The van der Waals surface area contributed by atoms with Gasteiger partial charge in [-0.1, -0.05) is 30.5 Å². The third kappa shape index (κ3) is 3.57. The summed E-state index contributed by atoms with van der Waals surface area (Å²) >= 11 is 5.73. The fourth-order valence-corrected chi connectivity index (χ4v) is 3.35. The van der Waals surface area contributed by atoms with Crippen molar-refractivity contribution in [2.45, 2.75) is 25.7 Å². The lowest BCUT2D eigenvalue weighted by Crippen LogP contribution is -2.36. The second-order valence-electron chi connectivity index (χ2n) is 4.27. The van der Waals surface area contributed by atoms with E-state index in [2.05, 4.69) is 9.71 Å². The Hall–Kier alpha value is -0.850. The normalized spacial score (nSPS) is 18.3. The number of aromatic nitrogens is 1. The van der Waals surface area contributed by atoms with Gasteiger partial charge in [-0.05, 0) is 25.0 Å². The molecule has 1 aliphatic heterocycles. The fourth-order valence-electron chi connectivity index (χ4n) is 1.94. The van der Waals surface area contributed by atoms with E-state index in [1.165, 1.54) is 4.31 Å². The maximum Gasteiger partial charge on any atom is 0.302 e. The van der Waals surface area contributed by atoms with E-state index in [0.29, 0.717) is 13.1 Å². The third-order valence-corrected chi connectivity index (χ3v) is 4.58. The van der Waals surface area contributed by atoms with Gasteiger partial charge in [-0.25, -0.2) is 4.98 Å². The molecule has 0 saturated carbocycles. The van der Waals surface area contributed by atoms with Crippen molar-refractivity contribution in [1.82, 2.24) is 9.29 Å². The zero-order valence-electron chi connectivity index (χ0n) is 9.97. The molecule has 0 bridgehead atoms. The Balaban J connectivity index is 2.10. The van der Waals surface area contributed by atoms with E-state index in [-0.39, 0.29) is 11.0 Å². The Morgan fingerprint density at radius 3 is 2.44 bits per heavy atom. The van der Waals surface area contributed by atoms with Gasteiger partial charge in [0, 0.05) is 13.1 Å². The lowest BCUT2D eigenvalue weighted by molar-refractivity contribution is 0.427. The molecule has 0 amide bonds. The maximum absolute atomic E-state index is 12.2. The molecule has 0 unspecified atom stereocenters. The molecule has 1 aromatic rings. The molecule has 100 valence electrons. The molecule has 1 aromatic heterocycles. The van der Waals surface area contributed by atoms with Gasteiger partial charge in [-0.2, -0.15) is 12.7 Å². The Labute approximate surface area is 112 Å². The molecule has 1 saturated heterocycles. The molecule has 2 heterocycles. The summed E-state index contributed by atoms with van der Waals surface area (Å²) in [5, 5.41) is 0.270. The van der Waals surface area contributed by atoms with Crippen molar-refractivity contribution in [2.75, 3.05) is 17.8 Å². The summed E-state index contributed by atoms with van der Waals surface area (Å²) in [7, 11) is -3.51. The summed E-state index contributed by atoms with van der Waals surface area (Å²) in [4.78, 5) is 3.93. The smallest absolute Gasteiger partial charge is 0.254 e. The second kappa shape index (κ2) is 5.86. The Morgan fingerprint density at radius 1 is 1.17 bits per heavy atom. The number of anilines is 1. The minimum Gasteiger partial charge on any atom is -0.254 e. The molecule has 7 heteroatoms. The predicted octanol–water partition coefficient (Wildman–Crippen LogP) is 2.27. The van der Waals surface area contributed by atoms with Gasteiger partial charge in [-0.3, -0.25) is 4.72 Å². The highest BCUT2D eigenvalue weighted by molar-refractivity contribution is 7.90. The molecule has 18 heavy (non-hydrogen) atoms. The van der Waals surface area contributed by atoms with Crippen LogP contribution in [0.2, 0.25) is 5.15 Å². The van der Waals surface area contributed by atoms with Crippen molar-refractivity contribution in [3.63, 3.8) is 0 Å². The van der Waals surface area contributed by atoms with Crippen LogP contribution < -0.4 is 4.72 Å². The maximum atomic E-state index is 12.2. The standard InChI is InChI=1S/C11H16ClN3O2S/c12-10-6-5-7-11(13-10)14-18(16,17)15-8-3-1-2-4-9-15/h5-7H,1-4,8-9H2,(H,13,14). The van der Waals surface area contributed by atoms with E-state index in [1.54, 1.807) is 18.2 Å². The highest BCUT2D eigenvalue weighted by atomic mass is 35.5. The van der Waals surface area contributed by atoms with Crippen LogP contribution >= 0.6 is 11.6 Å². The first-order valence-corrected chi connectivity index (χ1v) is 7.80. The minimum absolute atomic E-state index is 0.256. The molecule has 1 fully saturated rings. The number of halogens is 1. The summed E-state index contributed by atoms with van der Waals surface area (Å²) in [5.41, 5.74) is 0. The number of nitrogens with one attached hydrogen (secondary N) is 1. The van der Waals surface area contributed by atoms with Gasteiger partial charge >= 0.3 is 10.2 Å². The molecule has 0 radical (unpaired) electrons. The van der Waals surface area contributed by atoms with E-state index in [9.17, 15) is 8.42 Å². The van der Waals surface area contributed by atoms with Crippen molar-refractivity contribution in [2.24, 2.45) is 0 Å². The molecule has 0 aromatic carbocycles. The van der Waals surface area contributed by atoms with Crippen LogP contribution in [-0.2, 0) is 10.2 Å². The van der Waals surface area contributed by atoms with Gasteiger partial charge in [-0.15, -0.1) is 0 Å². The van der Waals surface area contributed by atoms with Gasteiger partial charge < -0.3 is 0 Å². The van der Waals surface area contributed by atoms with E-state index in [4.69, 9.17) is 11.6 Å². The molecular weight excluding hydrogens is 274 g/mol. The van der Waals surface area contributed by atoms with Crippen molar-refractivity contribution >= 4 is 27.6 Å². The monoisotopic (exact) mass is 289 g/mol. The summed E-state index contributed by atoms with van der Waals surface area (Å²) in [6, 6.07) is 4.85. The number of pyridine rings is 1. The number of rotatable bonds is 3. The highest BCUT2D eigenvalue weighted by Crippen LogP contribution is 2.16. The van der Waals surface area contributed by atoms with Crippen LogP contribution in [0.3, 0.4) is 0 Å². The topological polar surface area (TPSA) is 62.3 Å². The largest absolute Gasteiger partial charge is 0.302 e. The van der Waals surface area contributed by atoms with Crippen LogP contribution in [0.5, 0.6) is 0 Å². The van der Waals surface area contributed by atoms with Crippen LogP contribution in [0.15, 0.2) is 18.2 Å². The summed E-state index contributed by atoms with van der Waals surface area (Å²) in [5.74, 6) is 0.256.